The minimum absolute atomic E-state index is 0. The molecule has 0 aromatic heterocycles. The van der Waals surface area contributed by atoms with Crippen LogP contribution in [-0.2, 0) is 10.0 Å². The summed E-state index contributed by atoms with van der Waals surface area (Å²) in [4.78, 5) is 4.99. The Morgan fingerprint density at radius 1 is 1.10 bits per heavy atom. The summed E-state index contributed by atoms with van der Waals surface area (Å²) in [5.41, 5.74) is 0.0875. The zero-order chi connectivity index (χ0) is 20.3. The Kier molecular flexibility index (Phi) is 12.1. The molecule has 166 valence electrons. The van der Waals surface area contributed by atoms with Crippen LogP contribution in [0.2, 0.25) is 0 Å². The highest BCUT2D eigenvalue weighted by atomic mass is 127. The van der Waals surface area contributed by atoms with Crippen molar-refractivity contribution in [1.82, 2.24) is 15.4 Å². The Hall–Kier alpha value is -0.910. The second-order valence-corrected chi connectivity index (χ2v) is 9.13. The second kappa shape index (κ2) is 13.4. The largest absolute Gasteiger partial charge is 0.396 e. The van der Waals surface area contributed by atoms with E-state index in [1.165, 1.54) is 19.3 Å². The number of aliphatic imine (C=N–C) groups is 1. The Morgan fingerprint density at radius 3 is 2.41 bits per heavy atom. The number of nitrogens with one attached hydrogen (secondary N) is 3. The van der Waals surface area contributed by atoms with Crippen LogP contribution in [0, 0.1) is 5.41 Å². The molecule has 0 atom stereocenters. The maximum absolute atomic E-state index is 12.2. The van der Waals surface area contributed by atoms with Crippen molar-refractivity contribution >= 4 is 40.0 Å². The molecular formula is C20H35IN4O3S. The lowest BCUT2D eigenvalue weighted by Crippen LogP contribution is -2.42. The molecule has 1 saturated carbocycles. The smallest absolute Gasteiger partial charge is 0.240 e. The molecule has 1 aliphatic carbocycles. The molecule has 1 aliphatic rings. The van der Waals surface area contributed by atoms with Crippen molar-refractivity contribution in [2.45, 2.75) is 50.3 Å². The number of aliphatic hydroxyl groups excluding tert-OH is 1. The Morgan fingerprint density at radius 2 is 1.79 bits per heavy atom. The van der Waals surface area contributed by atoms with Gasteiger partial charge in [-0.15, -0.1) is 24.0 Å². The maximum Gasteiger partial charge on any atom is 0.240 e. The third-order valence-electron chi connectivity index (χ3n) is 5.24. The van der Waals surface area contributed by atoms with Crippen molar-refractivity contribution in [2.75, 3.05) is 32.8 Å². The molecule has 0 heterocycles. The van der Waals surface area contributed by atoms with Crippen LogP contribution >= 0.6 is 24.0 Å². The summed E-state index contributed by atoms with van der Waals surface area (Å²) in [6.07, 6.45) is 6.64. The number of guanidine groups is 1. The molecule has 9 heteroatoms. The highest BCUT2D eigenvalue weighted by Crippen LogP contribution is 2.39. The first-order valence-electron chi connectivity index (χ1n) is 10.2. The SMILES string of the molecule is CCNC(=NCC1(CCO)CCCCC1)NCCNS(=O)(=O)c1ccccc1.I. The van der Waals surface area contributed by atoms with Crippen LogP contribution in [0.4, 0.5) is 0 Å². The predicted octanol–water partition coefficient (Wildman–Crippen LogP) is 2.47. The number of rotatable bonds is 10. The molecule has 2 rings (SSSR count). The van der Waals surface area contributed by atoms with E-state index in [0.717, 1.165) is 25.8 Å². The number of sulfonamides is 1. The third kappa shape index (κ3) is 8.77. The van der Waals surface area contributed by atoms with E-state index in [1.807, 2.05) is 6.92 Å². The highest BCUT2D eigenvalue weighted by Gasteiger charge is 2.31. The van der Waals surface area contributed by atoms with Crippen LogP contribution in [0.25, 0.3) is 0 Å². The van der Waals surface area contributed by atoms with Gasteiger partial charge in [0.1, 0.15) is 0 Å². The second-order valence-electron chi connectivity index (χ2n) is 7.37. The van der Waals surface area contributed by atoms with Gasteiger partial charge in [-0.05, 0) is 43.7 Å². The summed E-state index contributed by atoms with van der Waals surface area (Å²) < 4.78 is 27.1. The predicted molar refractivity (Wildman–Crippen MR) is 128 cm³/mol. The van der Waals surface area contributed by atoms with Crippen molar-refractivity contribution in [1.29, 1.82) is 0 Å². The van der Waals surface area contributed by atoms with Gasteiger partial charge in [-0.3, -0.25) is 4.99 Å². The average Bonchev–Trinajstić information content (AvgIpc) is 2.71. The third-order valence-corrected chi connectivity index (χ3v) is 6.71. The molecule has 1 aromatic rings. The molecule has 0 saturated heterocycles. The molecule has 29 heavy (non-hydrogen) atoms. The van der Waals surface area contributed by atoms with Crippen LogP contribution < -0.4 is 15.4 Å². The van der Waals surface area contributed by atoms with E-state index >= 15 is 0 Å². The Labute approximate surface area is 192 Å². The standard InChI is InChI=1S/C20H34N4O3S.HI/c1-2-21-19(23-17-20(13-16-25)11-7-4-8-12-20)22-14-15-24-28(26,27)18-9-5-3-6-10-18;/h3,5-6,9-10,24-25H,2,4,7-8,11-17H2,1H3,(H2,21,22,23);1H. The number of aliphatic hydroxyl groups is 1. The van der Waals surface area contributed by atoms with Gasteiger partial charge in [-0.1, -0.05) is 37.5 Å². The van der Waals surface area contributed by atoms with Gasteiger partial charge >= 0.3 is 0 Å². The summed E-state index contributed by atoms with van der Waals surface area (Å²) in [6, 6.07) is 8.35. The van der Waals surface area contributed by atoms with Crippen molar-refractivity contribution < 1.29 is 13.5 Å². The van der Waals surface area contributed by atoms with Gasteiger partial charge in [-0.2, -0.15) is 0 Å². The summed E-state index contributed by atoms with van der Waals surface area (Å²) in [7, 11) is -3.50. The zero-order valence-electron chi connectivity index (χ0n) is 17.2. The van der Waals surface area contributed by atoms with E-state index < -0.39 is 10.0 Å². The Bertz CT molecular complexity index is 702. The number of nitrogens with zero attached hydrogens (tertiary/aromatic N) is 1. The van der Waals surface area contributed by atoms with Crippen LogP contribution in [0.15, 0.2) is 40.2 Å². The van der Waals surface area contributed by atoms with Gasteiger partial charge in [0.05, 0.1) is 4.90 Å². The lowest BCUT2D eigenvalue weighted by atomic mass is 9.72. The number of hydrogen-bond acceptors (Lipinski definition) is 4. The summed E-state index contributed by atoms with van der Waals surface area (Å²) in [5, 5.41) is 15.9. The van der Waals surface area contributed by atoms with Gasteiger partial charge in [-0.25, -0.2) is 13.1 Å². The van der Waals surface area contributed by atoms with E-state index in [-0.39, 0.29) is 47.4 Å². The lowest BCUT2D eigenvalue weighted by Gasteiger charge is -2.35. The van der Waals surface area contributed by atoms with Gasteiger partial charge < -0.3 is 15.7 Å². The first-order chi connectivity index (χ1) is 13.5. The molecule has 0 bridgehead atoms. The van der Waals surface area contributed by atoms with E-state index in [2.05, 4.69) is 15.4 Å². The summed E-state index contributed by atoms with van der Waals surface area (Å²) in [5.74, 6) is 0.685. The number of hydrogen-bond donors (Lipinski definition) is 4. The normalized spacial score (nSPS) is 16.7. The van der Waals surface area contributed by atoms with Gasteiger partial charge in [0.25, 0.3) is 0 Å². The molecule has 0 aliphatic heterocycles. The Balaban J connectivity index is 0.00000420. The maximum atomic E-state index is 12.2. The van der Waals surface area contributed by atoms with E-state index in [9.17, 15) is 13.5 Å². The van der Waals surface area contributed by atoms with Crippen LogP contribution in [0.3, 0.4) is 0 Å². The minimum atomic E-state index is -3.50. The molecule has 7 nitrogen and oxygen atoms in total. The van der Waals surface area contributed by atoms with Crippen LogP contribution in [0.5, 0.6) is 0 Å². The monoisotopic (exact) mass is 538 g/mol. The first-order valence-corrected chi connectivity index (χ1v) is 11.7. The van der Waals surface area contributed by atoms with Crippen molar-refractivity contribution in [3.63, 3.8) is 0 Å². The van der Waals surface area contributed by atoms with E-state index in [1.54, 1.807) is 30.3 Å². The molecular weight excluding hydrogens is 503 g/mol. The van der Waals surface area contributed by atoms with Crippen molar-refractivity contribution in [3.05, 3.63) is 30.3 Å². The first kappa shape index (κ1) is 26.1. The van der Waals surface area contributed by atoms with Gasteiger partial charge in [0.2, 0.25) is 10.0 Å². The van der Waals surface area contributed by atoms with Gasteiger partial charge in [0.15, 0.2) is 5.96 Å². The van der Waals surface area contributed by atoms with Crippen molar-refractivity contribution in [3.8, 4) is 0 Å². The van der Waals surface area contributed by atoms with Gasteiger partial charge in [0, 0.05) is 32.8 Å². The fourth-order valence-corrected chi connectivity index (χ4v) is 4.72. The average molecular weight is 538 g/mol. The quantitative estimate of drug-likeness (QED) is 0.159. The fourth-order valence-electron chi connectivity index (χ4n) is 3.66. The molecule has 4 N–H and O–H groups in total. The van der Waals surface area contributed by atoms with E-state index in [0.29, 0.717) is 19.0 Å². The van der Waals surface area contributed by atoms with Crippen LogP contribution in [0.1, 0.15) is 45.4 Å². The topological polar surface area (TPSA) is 103 Å². The lowest BCUT2D eigenvalue weighted by molar-refractivity contribution is 0.137. The summed E-state index contributed by atoms with van der Waals surface area (Å²) in [6.45, 7) is 4.31. The highest BCUT2D eigenvalue weighted by molar-refractivity contribution is 14.0. The molecule has 0 amide bonds. The molecule has 1 aromatic carbocycles. The zero-order valence-corrected chi connectivity index (χ0v) is 20.3. The number of halogens is 1. The molecule has 0 radical (unpaired) electrons. The molecule has 0 unspecified atom stereocenters. The summed E-state index contributed by atoms with van der Waals surface area (Å²) >= 11 is 0. The fraction of sp³-hybridized carbons (Fsp3) is 0.650. The minimum Gasteiger partial charge on any atom is -0.396 e. The molecule has 0 spiro atoms. The van der Waals surface area contributed by atoms with Crippen LogP contribution in [-0.4, -0.2) is 52.3 Å². The molecule has 1 fully saturated rings. The van der Waals surface area contributed by atoms with E-state index in [4.69, 9.17) is 4.99 Å². The van der Waals surface area contributed by atoms with Crippen molar-refractivity contribution in [2.24, 2.45) is 10.4 Å². The number of benzene rings is 1.